The minimum absolute atomic E-state index is 0.0993. The van der Waals surface area contributed by atoms with Crippen molar-refractivity contribution in [1.82, 2.24) is 5.32 Å². The van der Waals surface area contributed by atoms with Crippen LogP contribution < -0.4 is 5.32 Å². The quantitative estimate of drug-likeness (QED) is 0.698. The summed E-state index contributed by atoms with van der Waals surface area (Å²) in [5.74, 6) is -0.0993. The second-order valence-electron chi connectivity index (χ2n) is 4.35. The summed E-state index contributed by atoms with van der Waals surface area (Å²) >= 11 is 0. The van der Waals surface area contributed by atoms with Gasteiger partial charge in [-0.1, -0.05) is 25.0 Å². The average Bonchev–Trinajstić information content (AvgIpc) is 2.28. The third-order valence-corrected chi connectivity index (χ3v) is 2.86. The van der Waals surface area contributed by atoms with Gasteiger partial charge in [0.05, 0.1) is 0 Å². The van der Waals surface area contributed by atoms with Crippen molar-refractivity contribution in [2.75, 3.05) is 13.6 Å². The average molecular weight is 223 g/mol. The fourth-order valence-electron chi connectivity index (χ4n) is 1.85. The monoisotopic (exact) mass is 223 g/mol. The molecule has 0 atom stereocenters. The summed E-state index contributed by atoms with van der Waals surface area (Å²) in [6.45, 7) is 2.93. The zero-order valence-corrected chi connectivity index (χ0v) is 10.4. The number of rotatable bonds is 7. The fourth-order valence-corrected chi connectivity index (χ4v) is 1.85. The lowest BCUT2D eigenvalue weighted by atomic mass is 10.0. The minimum atomic E-state index is -0.0993. The molecule has 1 nitrogen and oxygen atoms in total. The number of halogens is 1. The molecule has 0 amide bonds. The number of hydrogen-bond donors (Lipinski definition) is 1. The molecule has 1 N–H and O–H groups in total. The first kappa shape index (κ1) is 13.2. The Morgan fingerprint density at radius 3 is 2.56 bits per heavy atom. The van der Waals surface area contributed by atoms with Gasteiger partial charge in [0, 0.05) is 0 Å². The van der Waals surface area contributed by atoms with Crippen molar-refractivity contribution in [3.05, 3.63) is 35.1 Å². The summed E-state index contributed by atoms with van der Waals surface area (Å²) < 4.78 is 13.0. The summed E-state index contributed by atoms with van der Waals surface area (Å²) in [4.78, 5) is 0. The van der Waals surface area contributed by atoms with E-state index in [0.29, 0.717) is 0 Å². The topological polar surface area (TPSA) is 12.0 Å². The van der Waals surface area contributed by atoms with Crippen LogP contribution in [0, 0.1) is 12.7 Å². The van der Waals surface area contributed by atoms with Gasteiger partial charge >= 0.3 is 0 Å². The van der Waals surface area contributed by atoms with Crippen molar-refractivity contribution in [1.29, 1.82) is 0 Å². The van der Waals surface area contributed by atoms with Crippen molar-refractivity contribution in [3.8, 4) is 0 Å². The van der Waals surface area contributed by atoms with Crippen LogP contribution in [0.1, 0.15) is 36.8 Å². The number of hydrogen-bond acceptors (Lipinski definition) is 1. The predicted molar refractivity (Wildman–Crippen MR) is 67.2 cm³/mol. The lowest BCUT2D eigenvalue weighted by Crippen LogP contribution is -2.06. The SMILES string of the molecule is CNCCCCCCc1ccc(F)c(C)c1. The highest BCUT2D eigenvalue weighted by Gasteiger charge is 1.99. The van der Waals surface area contributed by atoms with Gasteiger partial charge in [-0.05, 0) is 57.0 Å². The maximum Gasteiger partial charge on any atom is 0.126 e. The molecule has 0 aliphatic heterocycles. The summed E-state index contributed by atoms with van der Waals surface area (Å²) in [5.41, 5.74) is 2.01. The molecule has 0 fully saturated rings. The molecule has 90 valence electrons. The van der Waals surface area contributed by atoms with E-state index < -0.39 is 0 Å². The zero-order valence-electron chi connectivity index (χ0n) is 10.4. The molecular weight excluding hydrogens is 201 g/mol. The van der Waals surface area contributed by atoms with Crippen LogP contribution in [-0.2, 0) is 6.42 Å². The molecule has 1 aromatic rings. The second kappa shape index (κ2) is 7.39. The maximum atomic E-state index is 13.0. The molecule has 2 heteroatoms. The van der Waals surface area contributed by atoms with Crippen molar-refractivity contribution in [3.63, 3.8) is 0 Å². The van der Waals surface area contributed by atoms with Gasteiger partial charge in [-0.3, -0.25) is 0 Å². The molecule has 0 aliphatic rings. The van der Waals surface area contributed by atoms with E-state index in [0.717, 1.165) is 18.5 Å². The van der Waals surface area contributed by atoms with Gasteiger partial charge in [-0.15, -0.1) is 0 Å². The lowest BCUT2D eigenvalue weighted by Gasteiger charge is -2.04. The third kappa shape index (κ3) is 4.75. The Labute approximate surface area is 98.1 Å². The molecule has 0 spiro atoms. The van der Waals surface area contributed by atoms with E-state index in [1.54, 1.807) is 6.07 Å². The van der Waals surface area contributed by atoms with E-state index in [4.69, 9.17) is 0 Å². The molecule has 0 saturated carbocycles. The molecule has 0 saturated heterocycles. The van der Waals surface area contributed by atoms with Crippen LogP contribution in [0.25, 0.3) is 0 Å². The minimum Gasteiger partial charge on any atom is -0.320 e. The Bertz CT molecular complexity index is 310. The number of aryl methyl sites for hydroxylation is 2. The molecule has 16 heavy (non-hydrogen) atoms. The predicted octanol–water partition coefficient (Wildman–Crippen LogP) is 3.46. The van der Waals surface area contributed by atoms with Gasteiger partial charge in [0.2, 0.25) is 0 Å². The first-order valence-electron chi connectivity index (χ1n) is 6.13. The summed E-state index contributed by atoms with van der Waals surface area (Å²) in [6, 6.07) is 5.44. The largest absolute Gasteiger partial charge is 0.320 e. The summed E-state index contributed by atoms with van der Waals surface area (Å²) in [6.07, 6.45) is 6.06. The van der Waals surface area contributed by atoms with E-state index >= 15 is 0 Å². The van der Waals surface area contributed by atoms with Gasteiger partial charge in [-0.2, -0.15) is 0 Å². The molecule has 0 heterocycles. The van der Waals surface area contributed by atoms with Gasteiger partial charge in [0.25, 0.3) is 0 Å². The standard InChI is InChI=1S/C14H22FN/c1-12-11-13(8-9-14(12)15)7-5-3-4-6-10-16-2/h8-9,11,16H,3-7,10H2,1-2H3. The molecule has 0 unspecified atom stereocenters. The zero-order chi connectivity index (χ0) is 11.8. The molecule has 0 aliphatic carbocycles. The highest BCUT2D eigenvalue weighted by molar-refractivity contribution is 5.23. The Hall–Kier alpha value is -0.890. The van der Waals surface area contributed by atoms with Gasteiger partial charge in [0.15, 0.2) is 0 Å². The van der Waals surface area contributed by atoms with Crippen molar-refractivity contribution in [2.45, 2.75) is 39.0 Å². The summed E-state index contributed by atoms with van der Waals surface area (Å²) in [7, 11) is 1.99. The van der Waals surface area contributed by atoms with Gasteiger partial charge < -0.3 is 5.32 Å². The van der Waals surface area contributed by atoms with E-state index in [9.17, 15) is 4.39 Å². The van der Waals surface area contributed by atoms with E-state index in [2.05, 4.69) is 5.32 Å². The molecule has 1 rings (SSSR count). The molecule has 0 radical (unpaired) electrons. The molecule has 0 bridgehead atoms. The lowest BCUT2D eigenvalue weighted by molar-refractivity contribution is 0.609. The van der Waals surface area contributed by atoms with Crippen molar-refractivity contribution >= 4 is 0 Å². The molecule has 0 aromatic heterocycles. The van der Waals surface area contributed by atoms with Gasteiger partial charge in [0.1, 0.15) is 5.82 Å². The van der Waals surface area contributed by atoms with Crippen molar-refractivity contribution < 1.29 is 4.39 Å². The van der Waals surface area contributed by atoms with E-state index in [1.807, 2.05) is 26.1 Å². The van der Waals surface area contributed by atoms with Gasteiger partial charge in [-0.25, -0.2) is 4.39 Å². The Morgan fingerprint density at radius 1 is 1.12 bits per heavy atom. The van der Waals surface area contributed by atoms with Crippen LogP contribution >= 0.6 is 0 Å². The highest BCUT2D eigenvalue weighted by atomic mass is 19.1. The smallest absolute Gasteiger partial charge is 0.126 e. The number of benzene rings is 1. The van der Waals surface area contributed by atoms with Crippen LogP contribution in [0.5, 0.6) is 0 Å². The summed E-state index contributed by atoms with van der Waals surface area (Å²) in [5, 5.41) is 3.15. The Balaban J connectivity index is 2.19. The van der Waals surface area contributed by atoms with E-state index in [-0.39, 0.29) is 5.82 Å². The Kier molecular flexibility index (Phi) is 6.09. The maximum absolute atomic E-state index is 13.0. The van der Waals surface area contributed by atoms with Crippen molar-refractivity contribution in [2.24, 2.45) is 0 Å². The van der Waals surface area contributed by atoms with Crippen LogP contribution in [0.15, 0.2) is 18.2 Å². The molecular formula is C14H22FN. The molecule has 1 aromatic carbocycles. The van der Waals surface area contributed by atoms with Crippen LogP contribution in [-0.4, -0.2) is 13.6 Å². The number of unbranched alkanes of at least 4 members (excludes halogenated alkanes) is 3. The first-order valence-corrected chi connectivity index (χ1v) is 6.13. The first-order chi connectivity index (χ1) is 7.74. The van der Waals surface area contributed by atoms with Crippen LogP contribution in [0.4, 0.5) is 4.39 Å². The highest BCUT2D eigenvalue weighted by Crippen LogP contribution is 2.12. The van der Waals surface area contributed by atoms with E-state index in [1.165, 1.54) is 31.2 Å². The second-order valence-corrected chi connectivity index (χ2v) is 4.35. The van der Waals surface area contributed by atoms with Crippen LogP contribution in [0.2, 0.25) is 0 Å². The normalized spacial score (nSPS) is 10.7. The fraction of sp³-hybridized carbons (Fsp3) is 0.571. The van der Waals surface area contributed by atoms with Crippen LogP contribution in [0.3, 0.4) is 0 Å². The third-order valence-electron chi connectivity index (χ3n) is 2.86. The number of nitrogens with one attached hydrogen (secondary N) is 1. The Morgan fingerprint density at radius 2 is 1.88 bits per heavy atom.